The van der Waals surface area contributed by atoms with Crippen LogP contribution in [0.4, 0.5) is 0 Å². The lowest BCUT2D eigenvalue weighted by Crippen LogP contribution is -2.40. The van der Waals surface area contributed by atoms with Gasteiger partial charge in [0.2, 0.25) is 0 Å². The fraction of sp³-hybridized carbons (Fsp3) is 0.500. The van der Waals surface area contributed by atoms with Crippen molar-refractivity contribution in [1.82, 2.24) is 19.2 Å². The third-order valence-corrected chi connectivity index (χ3v) is 5.43. The van der Waals surface area contributed by atoms with Crippen LogP contribution in [-0.4, -0.2) is 44.9 Å². The first-order valence-electron chi connectivity index (χ1n) is 8.79. The highest BCUT2D eigenvalue weighted by Gasteiger charge is 2.27. The number of rotatable bonds is 5. The lowest BCUT2D eigenvalue weighted by atomic mass is 9.99. The van der Waals surface area contributed by atoms with Crippen molar-refractivity contribution in [1.29, 1.82) is 0 Å². The van der Waals surface area contributed by atoms with Crippen LogP contribution in [0.25, 0.3) is 11.4 Å². The molecule has 0 bridgehead atoms. The van der Waals surface area contributed by atoms with Crippen molar-refractivity contribution in [2.75, 3.05) is 19.7 Å². The number of likely N-dealkylation sites (tertiary alicyclic amines) is 1. The minimum Gasteiger partial charge on any atom is -0.466 e. The van der Waals surface area contributed by atoms with Crippen LogP contribution in [0.1, 0.15) is 19.8 Å². The van der Waals surface area contributed by atoms with Gasteiger partial charge in [-0.3, -0.25) is 9.69 Å². The molecule has 1 unspecified atom stereocenters. The molecule has 1 fully saturated rings. The lowest BCUT2D eigenvalue weighted by molar-refractivity contribution is -0.150. The molecule has 2 heterocycles. The monoisotopic (exact) mass is 394 g/mol. The van der Waals surface area contributed by atoms with Crippen molar-refractivity contribution in [3.05, 3.63) is 34.1 Å². The first kappa shape index (κ1) is 19.1. The molecule has 8 heteroatoms. The van der Waals surface area contributed by atoms with E-state index in [-0.39, 0.29) is 11.9 Å². The van der Waals surface area contributed by atoms with Gasteiger partial charge in [-0.15, -0.1) is 0 Å². The number of halogens is 1. The largest absolute Gasteiger partial charge is 0.466 e. The second-order valence-electron chi connectivity index (χ2n) is 6.45. The average Bonchev–Trinajstić information content (AvgIpc) is 2.91. The molecule has 140 valence electrons. The fourth-order valence-corrected chi connectivity index (χ4v) is 3.69. The van der Waals surface area contributed by atoms with Gasteiger partial charge in [0.15, 0.2) is 10.6 Å². The molecule has 1 aliphatic heterocycles. The molecule has 0 radical (unpaired) electrons. The van der Waals surface area contributed by atoms with Crippen LogP contribution in [0, 0.1) is 10.7 Å². The van der Waals surface area contributed by atoms with Crippen LogP contribution in [0.2, 0.25) is 5.02 Å². The zero-order valence-electron chi connectivity index (χ0n) is 15.0. The van der Waals surface area contributed by atoms with Gasteiger partial charge in [-0.05, 0) is 50.7 Å². The predicted octanol–water partition coefficient (Wildman–Crippen LogP) is 3.50. The van der Waals surface area contributed by atoms with Crippen LogP contribution in [0.15, 0.2) is 24.3 Å². The summed E-state index contributed by atoms with van der Waals surface area (Å²) in [6.45, 7) is 4.38. The normalized spacial score (nSPS) is 18.0. The van der Waals surface area contributed by atoms with E-state index in [1.165, 1.54) is 0 Å². The Morgan fingerprint density at radius 3 is 2.92 bits per heavy atom. The summed E-state index contributed by atoms with van der Waals surface area (Å²) < 4.78 is 9.45. The summed E-state index contributed by atoms with van der Waals surface area (Å²) in [7, 11) is 1.89. The molecule has 0 spiro atoms. The molecular weight excluding hydrogens is 372 g/mol. The molecule has 1 aromatic heterocycles. The van der Waals surface area contributed by atoms with E-state index in [9.17, 15) is 4.79 Å². The zero-order chi connectivity index (χ0) is 18.7. The molecule has 0 N–H and O–H groups in total. The highest BCUT2D eigenvalue weighted by molar-refractivity contribution is 7.71. The van der Waals surface area contributed by atoms with E-state index in [4.69, 9.17) is 28.6 Å². The Labute approximate surface area is 163 Å². The first-order valence-corrected chi connectivity index (χ1v) is 9.57. The summed E-state index contributed by atoms with van der Waals surface area (Å²) in [4.78, 5) is 14.2. The van der Waals surface area contributed by atoms with Crippen molar-refractivity contribution < 1.29 is 9.53 Å². The van der Waals surface area contributed by atoms with E-state index < -0.39 is 0 Å². The number of hydrogen-bond acceptors (Lipinski definition) is 5. The molecule has 3 rings (SSSR count). The van der Waals surface area contributed by atoms with E-state index >= 15 is 0 Å². The number of ether oxygens (including phenoxy) is 1. The third kappa shape index (κ3) is 4.00. The summed E-state index contributed by atoms with van der Waals surface area (Å²) in [6, 6.07) is 7.59. The molecule has 0 amide bonds. The number of piperidine rings is 1. The zero-order valence-corrected chi connectivity index (χ0v) is 16.6. The summed E-state index contributed by atoms with van der Waals surface area (Å²) in [5, 5.41) is 5.32. The number of carbonyl (C=O) groups excluding carboxylic acids is 1. The Balaban J connectivity index is 1.79. The predicted molar refractivity (Wildman–Crippen MR) is 103 cm³/mol. The lowest BCUT2D eigenvalue weighted by Gasteiger charge is -2.31. The SMILES string of the molecule is CCOC(=O)C1CCCN(Cn2nc(-c3ccccc3Cl)n(C)c2=S)C1. The van der Waals surface area contributed by atoms with Gasteiger partial charge in [-0.25, -0.2) is 4.68 Å². The van der Waals surface area contributed by atoms with Crippen molar-refractivity contribution in [3.63, 3.8) is 0 Å². The molecule has 1 saturated heterocycles. The van der Waals surface area contributed by atoms with Crippen LogP contribution in [0.3, 0.4) is 0 Å². The highest BCUT2D eigenvalue weighted by atomic mass is 35.5. The minimum absolute atomic E-state index is 0.0791. The molecule has 1 aromatic carbocycles. The minimum atomic E-state index is -0.112. The van der Waals surface area contributed by atoms with Crippen LogP contribution >= 0.6 is 23.8 Å². The number of carbonyl (C=O) groups is 1. The van der Waals surface area contributed by atoms with Gasteiger partial charge >= 0.3 is 5.97 Å². The van der Waals surface area contributed by atoms with Gasteiger partial charge in [-0.2, -0.15) is 5.10 Å². The highest BCUT2D eigenvalue weighted by Crippen LogP contribution is 2.26. The second kappa shape index (κ2) is 8.33. The maximum Gasteiger partial charge on any atom is 0.310 e. The van der Waals surface area contributed by atoms with Crippen molar-refractivity contribution in [2.24, 2.45) is 13.0 Å². The number of nitrogens with zero attached hydrogens (tertiary/aromatic N) is 4. The van der Waals surface area contributed by atoms with Crippen LogP contribution < -0.4 is 0 Å². The van der Waals surface area contributed by atoms with E-state index in [0.29, 0.717) is 29.6 Å². The van der Waals surface area contributed by atoms with E-state index in [2.05, 4.69) is 10.00 Å². The molecule has 0 aliphatic carbocycles. The van der Waals surface area contributed by atoms with E-state index in [0.717, 1.165) is 30.8 Å². The van der Waals surface area contributed by atoms with Crippen molar-refractivity contribution >= 4 is 29.8 Å². The van der Waals surface area contributed by atoms with Crippen molar-refractivity contribution in [2.45, 2.75) is 26.4 Å². The summed E-state index contributed by atoms with van der Waals surface area (Å²) in [5.41, 5.74) is 0.851. The van der Waals surface area contributed by atoms with E-state index in [1.807, 2.05) is 42.8 Å². The average molecular weight is 395 g/mol. The topological polar surface area (TPSA) is 52.3 Å². The summed E-state index contributed by atoms with van der Waals surface area (Å²) in [5.74, 6) is 0.544. The van der Waals surface area contributed by atoms with Gasteiger partial charge in [0.1, 0.15) is 0 Å². The Kier molecular flexibility index (Phi) is 6.11. The Morgan fingerprint density at radius 1 is 1.42 bits per heavy atom. The fourth-order valence-electron chi connectivity index (χ4n) is 3.28. The Hall–Kier alpha value is -1.70. The van der Waals surface area contributed by atoms with Gasteiger partial charge in [-0.1, -0.05) is 23.7 Å². The van der Waals surface area contributed by atoms with Crippen LogP contribution in [0.5, 0.6) is 0 Å². The molecule has 1 aliphatic rings. The maximum absolute atomic E-state index is 12.0. The van der Waals surface area contributed by atoms with E-state index in [1.54, 1.807) is 4.68 Å². The molecular formula is C18H23ClN4O2S. The molecule has 0 saturated carbocycles. The van der Waals surface area contributed by atoms with Gasteiger partial charge in [0, 0.05) is 19.2 Å². The van der Waals surface area contributed by atoms with Gasteiger partial charge in [0.25, 0.3) is 0 Å². The number of hydrogen-bond donors (Lipinski definition) is 0. The molecule has 1 atom stereocenters. The van der Waals surface area contributed by atoms with Gasteiger partial charge < -0.3 is 9.30 Å². The van der Waals surface area contributed by atoms with Gasteiger partial charge in [0.05, 0.1) is 24.2 Å². The molecule has 26 heavy (non-hydrogen) atoms. The summed E-state index contributed by atoms with van der Waals surface area (Å²) >= 11 is 11.9. The first-order chi connectivity index (χ1) is 12.5. The van der Waals surface area contributed by atoms with Crippen LogP contribution in [-0.2, 0) is 23.2 Å². The Morgan fingerprint density at radius 2 is 2.19 bits per heavy atom. The maximum atomic E-state index is 12.0. The molecule has 2 aromatic rings. The summed E-state index contributed by atoms with van der Waals surface area (Å²) in [6.07, 6.45) is 1.83. The molecule has 6 nitrogen and oxygen atoms in total. The van der Waals surface area contributed by atoms with Crippen molar-refractivity contribution in [3.8, 4) is 11.4 Å². The standard InChI is InChI=1S/C18H23ClN4O2S/c1-3-25-17(24)13-7-6-10-22(11-13)12-23-18(26)21(2)16(20-23)14-8-4-5-9-15(14)19/h4-5,8-9,13H,3,6-7,10-12H2,1-2H3. The number of aromatic nitrogens is 3. The second-order valence-corrected chi connectivity index (χ2v) is 7.23. The Bertz CT molecular complexity index is 848. The number of esters is 1. The smallest absolute Gasteiger partial charge is 0.310 e. The quantitative estimate of drug-likeness (QED) is 0.573. The third-order valence-electron chi connectivity index (χ3n) is 4.62. The number of benzene rings is 1.